The fourth-order valence-corrected chi connectivity index (χ4v) is 1.82. The van der Waals surface area contributed by atoms with Crippen LogP contribution < -0.4 is 0 Å². The minimum Gasteiger partial charge on any atom is -0.451 e. The Bertz CT molecular complexity index is 557. The number of hydrogen-bond donors (Lipinski definition) is 1. The van der Waals surface area contributed by atoms with Gasteiger partial charge >= 0.3 is 0 Å². The number of aliphatic hydroxyl groups is 1. The van der Waals surface area contributed by atoms with Crippen molar-refractivity contribution < 1.29 is 14.3 Å². The molecule has 1 atom stereocenters. The van der Waals surface area contributed by atoms with Crippen LogP contribution in [0.2, 0.25) is 5.02 Å². The van der Waals surface area contributed by atoms with E-state index in [0.29, 0.717) is 10.6 Å². The Labute approximate surface area is 104 Å². The maximum atomic E-state index is 11.9. The third-order valence-corrected chi connectivity index (χ3v) is 2.94. The molecule has 2 aromatic rings. The van der Waals surface area contributed by atoms with Crippen LogP contribution in [0.15, 0.2) is 28.7 Å². The summed E-state index contributed by atoms with van der Waals surface area (Å²) in [5, 5.41) is 10.9. The first-order chi connectivity index (χ1) is 8.00. The molecular formula is C13H13ClO3. The summed E-state index contributed by atoms with van der Waals surface area (Å²) in [7, 11) is 0. The zero-order valence-corrected chi connectivity index (χ0v) is 10.4. The average molecular weight is 253 g/mol. The van der Waals surface area contributed by atoms with E-state index >= 15 is 0 Å². The molecule has 1 aromatic heterocycles. The minimum absolute atomic E-state index is 0.147. The number of benzene rings is 1. The van der Waals surface area contributed by atoms with Gasteiger partial charge in [0.2, 0.25) is 5.78 Å². The Hall–Kier alpha value is -1.32. The van der Waals surface area contributed by atoms with Gasteiger partial charge in [-0.2, -0.15) is 0 Å². The van der Waals surface area contributed by atoms with Crippen LogP contribution in [0.5, 0.6) is 0 Å². The lowest BCUT2D eigenvalue weighted by Crippen LogP contribution is -2.25. The van der Waals surface area contributed by atoms with Crippen LogP contribution in [0.25, 0.3) is 11.0 Å². The van der Waals surface area contributed by atoms with E-state index in [-0.39, 0.29) is 11.7 Å². The van der Waals surface area contributed by atoms with Gasteiger partial charge in [-0.1, -0.05) is 37.6 Å². The third kappa shape index (κ3) is 2.21. The quantitative estimate of drug-likeness (QED) is 0.853. The van der Waals surface area contributed by atoms with Gasteiger partial charge in [-0.25, -0.2) is 0 Å². The molecule has 0 aliphatic rings. The molecule has 1 aromatic carbocycles. The second-order valence-electron chi connectivity index (χ2n) is 4.32. The summed E-state index contributed by atoms with van der Waals surface area (Å²) in [6.07, 6.45) is -1.05. The molecule has 0 bridgehead atoms. The van der Waals surface area contributed by atoms with Crippen molar-refractivity contribution in [2.45, 2.75) is 20.0 Å². The van der Waals surface area contributed by atoms with Crippen LogP contribution >= 0.6 is 11.6 Å². The zero-order chi connectivity index (χ0) is 12.6. The van der Waals surface area contributed by atoms with Gasteiger partial charge < -0.3 is 9.52 Å². The summed E-state index contributed by atoms with van der Waals surface area (Å²) in [5.41, 5.74) is 0.480. The number of fused-ring (bicyclic) bond motifs is 1. The number of carbonyl (C=O) groups excluding carboxylic acids is 1. The first kappa shape index (κ1) is 12.1. The molecule has 0 radical (unpaired) electrons. The third-order valence-electron chi connectivity index (χ3n) is 2.64. The smallest absolute Gasteiger partial charge is 0.226 e. The van der Waals surface area contributed by atoms with Crippen LogP contribution in [0.3, 0.4) is 0 Å². The largest absolute Gasteiger partial charge is 0.451 e. The highest BCUT2D eigenvalue weighted by Gasteiger charge is 2.24. The first-order valence-electron chi connectivity index (χ1n) is 5.41. The maximum absolute atomic E-state index is 11.9. The van der Waals surface area contributed by atoms with Gasteiger partial charge in [0.05, 0.1) is 5.02 Å². The van der Waals surface area contributed by atoms with Gasteiger partial charge in [-0.15, -0.1) is 0 Å². The number of ketones is 1. The molecule has 2 rings (SSSR count). The fraction of sp³-hybridized carbons (Fsp3) is 0.308. The lowest BCUT2D eigenvalue weighted by atomic mass is 10.0. The molecule has 0 aliphatic heterocycles. The van der Waals surface area contributed by atoms with Gasteiger partial charge in [0.1, 0.15) is 6.10 Å². The number of aliphatic hydroxyl groups excluding tert-OH is 1. The van der Waals surface area contributed by atoms with E-state index in [1.54, 1.807) is 32.0 Å². The molecule has 0 saturated carbocycles. The molecule has 90 valence electrons. The standard InChI is InChI=1S/C13H13ClO3/c1-7(2)11(15)12(16)10-6-8-4-3-5-9(14)13(8)17-10/h3-7,11,15H,1-2H3. The predicted molar refractivity (Wildman–Crippen MR) is 66.4 cm³/mol. The van der Waals surface area contributed by atoms with Crippen LogP contribution in [0.1, 0.15) is 24.4 Å². The second kappa shape index (κ2) is 4.51. The van der Waals surface area contributed by atoms with Crippen molar-refractivity contribution in [1.29, 1.82) is 0 Å². The summed E-state index contributed by atoms with van der Waals surface area (Å²) in [5.74, 6) is -0.409. The number of carbonyl (C=O) groups is 1. The molecule has 4 heteroatoms. The predicted octanol–water partition coefficient (Wildman–Crippen LogP) is 3.29. The van der Waals surface area contributed by atoms with Crippen molar-refractivity contribution in [3.05, 3.63) is 35.0 Å². The highest BCUT2D eigenvalue weighted by atomic mass is 35.5. The molecule has 0 spiro atoms. The van der Waals surface area contributed by atoms with E-state index in [1.165, 1.54) is 0 Å². The van der Waals surface area contributed by atoms with Crippen LogP contribution in [-0.4, -0.2) is 17.0 Å². The molecule has 1 N–H and O–H groups in total. The fourth-order valence-electron chi connectivity index (χ4n) is 1.60. The first-order valence-corrected chi connectivity index (χ1v) is 5.79. The van der Waals surface area contributed by atoms with Gasteiger partial charge in [-0.05, 0) is 18.1 Å². The number of halogens is 1. The lowest BCUT2D eigenvalue weighted by Gasteiger charge is -2.10. The van der Waals surface area contributed by atoms with Gasteiger partial charge in [-0.3, -0.25) is 4.79 Å². The van der Waals surface area contributed by atoms with E-state index in [2.05, 4.69) is 0 Å². The Morgan fingerprint density at radius 3 is 2.71 bits per heavy atom. The lowest BCUT2D eigenvalue weighted by molar-refractivity contribution is 0.0621. The SMILES string of the molecule is CC(C)C(O)C(=O)c1cc2cccc(Cl)c2o1. The molecule has 1 unspecified atom stereocenters. The van der Waals surface area contributed by atoms with Crippen LogP contribution in [0.4, 0.5) is 0 Å². The number of hydrogen-bond acceptors (Lipinski definition) is 3. The summed E-state index contributed by atoms with van der Waals surface area (Å²) >= 11 is 5.95. The number of rotatable bonds is 3. The van der Waals surface area contributed by atoms with Crippen molar-refractivity contribution >= 4 is 28.4 Å². The van der Waals surface area contributed by atoms with Gasteiger partial charge in [0.25, 0.3) is 0 Å². The molecule has 0 fully saturated rings. The van der Waals surface area contributed by atoms with Crippen molar-refractivity contribution in [3.8, 4) is 0 Å². The maximum Gasteiger partial charge on any atom is 0.226 e. The van der Waals surface area contributed by atoms with Crippen LogP contribution in [0, 0.1) is 5.92 Å². The summed E-state index contributed by atoms with van der Waals surface area (Å²) in [4.78, 5) is 11.9. The number of para-hydroxylation sites is 1. The van der Waals surface area contributed by atoms with E-state index < -0.39 is 11.9 Å². The second-order valence-corrected chi connectivity index (χ2v) is 4.73. The van der Waals surface area contributed by atoms with Gasteiger partial charge in [0, 0.05) is 5.39 Å². The summed E-state index contributed by atoms with van der Waals surface area (Å²) in [6.45, 7) is 3.55. The van der Waals surface area contributed by atoms with E-state index in [9.17, 15) is 9.90 Å². The monoisotopic (exact) mass is 252 g/mol. The Balaban J connectivity index is 2.44. The average Bonchev–Trinajstić information content (AvgIpc) is 2.72. The topological polar surface area (TPSA) is 50.4 Å². The minimum atomic E-state index is -1.05. The van der Waals surface area contributed by atoms with Crippen molar-refractivity contribution in [1.82, 2.24) is 0 Å². The molecule has 0 aliphatic carbocycles. The van der Waals surface area contributed by atoms with Gasteiger partial charge in [0.15, 0.2) is 11.3 Å². The zero-order valence-electron chi connectivity index (χ0n) is 9.61. The molecule has 1 heterocycles. The molecule has 3 nitrogen and oxygen atoms in total. The normalized spacial score (nSPS) is 13.2. The summed E-state index contributed by atoms with van der Waals surface area (Å²) < 4.78 is 5.39. The Morgan fingerprint density at radius 2 is 2.12 bits per heavy atom. The summed E-state index contributed by atoms with van der Waals surface area (Å²) in [6, 6.07) is 6.90. The highest BCUT2D eigenvalue weighted by Crippen LogP contribution is 2.27. The number of Topliss-reactive ketones (excluding diaryl/α,β-unsaturated/α-hetero) is 1. The van der Waals surface area contributed by atoms with Crippen LogP contribution in [-0.2, 0) is 0 Å². The van der Waals surface area contributed by atoms with Crippen molar-refractivity contribution in [2.75, 3.05) is 0 Å². The Kier molecular flexibility index (Phi) is 3.22. The van der Waals surface area contributed by atoms with E-state index in [0.717, 1.165) is 5.39 Å². The highest BCUT2D eigenvalue weighted by molar-refractivity contribution is 6.34. The molecule has 17 heavy (non-hydrogen) atoms. The van der Waals surface area contributed by atoms with Crippen molar-refractivity contribution in [3.63, 3.8) is 0 Å². The van der Waals surface area contributed by atoms with E-state index in [1.807, 2.05) is 6.07 Å². The van der Waals surface area contributed by atoms with E-state index in [4.69, 9.17) is 16.0 Å². The Morgan fingerprint density at radius 1 is 1.41 bits per heavy atom. The van der Waals surface area contributed by atoms with Crippen molar-refractivity contribution in [2.24, 2.45) is 5.92 Å². The molecular weight excluding hydrogens is 240 g/mol. The molecule has 0 saturated heterocycles. The number of furan rings is 1. The molecule has 0 amide bonds.